The van der Waals surface area contributed by atoms with Crippen molar-refractivity contribution < 1.29 is 13.2 Å². The summed E-state index contributed by atoms with van der Waals surface area (Å²) < 4.78 is 26.9. The molecule has 1 aromatic heterocycles. The Balaban J connectivity index is 2.22. The van der Waals surface area contributed by atoms with Gasteiger partial charge in [-0.15, -0.1) is 0 Å². The summed E-state index contributed by atoms with van der Waals surface area (Å²) in [6.07, 6.45) is 1.20. The molecule has 1 N–H and O–H groups in total. The van der Waals surface area contributed by atoms with Gasteiger partial charge in [0.25, 0.3) is 0 Å². The van der Waals surface area contributed by atoms with Crippen molar-refractivity contribution in [3.8, 4) is 0 Å². The van der Waals surface area contributed by atoms with Crippen LogP contribution in [-0.2, 0) is 14.6 Å². The highest BCUT2D eigenvalue weighted by molar-refractivity contribution is 7.90. The Morgan fingerprint density at radius 2 is 2.00 bits per heavy atom. The number of aromatic nitrogens is 2. The van der Waals surface area contributed by atoms with Gasteiger partial charge in [-0.05, 0) is 13.8 Å². The van der Waals surface area contributed by atoms with Crippen molar-refractivity contribution in [3.05, 3.63) is 17.6 Å². The van der Waals surface area contributed by atoms with Crippen molar-refractivity contribution in [1.82, 2.24) is 9.97 Å². The predicted octanol–water partition coefficient (Wildman–Crippen LogP) is 0.567. The minimum Gasteiger partial charge on any atom is -0.379 e. The quantitative estimate of drug-likeness (QED) is 0.731. The summed E-state index contributed by atoms with van der Waals surface area (Å²) in [5.41, 5.74) is 0.906. The van der Waals surface area contributed by atoms with Crippen LogP contribution in [0.4, 0.5) is 5.82 Å². The van der Waals surface area contributed by atoms with Crippen LogP contribution in [0.3, 0.4) is 0 Å². The monoisotopic (exact) mass is 273 g/mol. The first-order valence-corrected chi connectivity index (χ1v) is 7.74. The van der Waals surface area contributed by atoms with Gasteiger partial charge in [-0.1, -0.05) is 0 Å². The molecule has 0 fully saturated rings. The van der Waals surface area contributed by atoms with Crippen LogP contribution >= 0.6 is 0 Å². The van der Waals surface area contributed by atoms with Crippen molar-refractivity contribution >= 4 is 15.7 Å². The second-order valence-corrected chi connectivity index (χ2v) is 6.37. The average Bonchev–Trinajstić information content (AvgIpc) is 2.20. The molecule has 0 aliphatic rings. The number of nitrogens with zero attached hydrogens (tertiary/aromatic N) is 2. The van der Waals surface area contributed by atoms with E-state index in [2.05, 4.69) is 15.3 Å². The number of ether oxygens (including phenoxy) is 1. The lowest BCUT2D eigenvalue weighted by atomic mass is 10.4. The summed E-state index contributed by atoms with van der Waals surface area (Å²) in [6.45, 7) is 4.99. The van der Waals surface area contributed by atoms with Gasteiger partial charge in [0.05, 0.1) is 19.0 Å². The standard InChI is InChI=1S/C11H19N3O3S/c1-9-8-11(14-10(2)13-9)12-4-5-17-6-7-18(3,15)16/h8H,4-7H2,1-3H3,(H,12,13,14). The molecule has 1 heterocycles. The predicted molar refractivity (Wildman–Crippen MR) is 70.5 cm³/mol. The fourth-order valence-corrected chi connectivity index (χ4v) is 1.79. The number of hydrogen-bond donors (Lipinski definition) is 1. The molecule has 102 valence electrons. The number of nitrogens with one attached hydrogen (secondary N) is 1. The van der Waals surface area contributed by atoms with Gasteiger partial charge in [0.2, 0.25) is 0 Å². The first-order valence-electron chi connectivity index (χ1n) is 5.68. The van der Waals surface area contributed by atoms with E-state index in [0.717, 1.165) is 17.3 Å². The van der Waals surface area contributed by atoms with Crippen LogP contribution in [0.2, 0.25) is 0 Å². The second-order valence-electron chi connectivity index (χ2n) is 4.11. The van der Waals surface area contributed by atoms with Crippen LogP contribution in [0.15, 0.2) is 6.07 Å². The lowest BCUT2D eigenvalue weighted by Crippen LogP contribution is -2.15. The highest BCUT2D eigenvalue weighted by Crippen LogP contribution is 2.04. The molecule has 0 aromatic carbocycles. The Kier molecular flexibility index (Phi) is 5.49. The molecule has 1 aromatic rings. The fraction of sp³-hybridized carbons (Fsp3) is 0.636. The van der Waals surface area contributed by atoms with E-state index in [1.165, 1.54) is 6.26 Å². The lowest BCUT2D eigenvalue weighted by molar-refractivity contribution is 0.159. The highest BCUT2D eigenvalue weighted by atomic mass is 32.2. The third kappa shape index (κ3) is 6.51. The first-order chi connectivity index (χ1) is 8.37. The summed E-state index contributed by atoms with van der Waals surface area (Å²) >= 11 is 0. The number of rotatable bonds is 7. The van der Waals surface area contributed by atoms with Gasteiger partial charge in [0, 0.05) is 24.6 Å². The zero-order valence-corrected chi connectivity index (χ0v) is 11.7. The van der Waals surface area contributed by atoms with Gasteiger partial charge >= 0.3 is 0 Å². The zero-order chi connectivity index (χ0) is 13.6. The molecule has 0 aliphatic heterocycles. The van der Waals surface area contributed by atoms with Crippen LogP contribution < -0.4 is 5.32 Å². The number of anilines is 1. The Bertz CT molecular complexity index is 468. The topological polar surface area (TPSA) is 81.2 Å². The summed E-state index contributed by atoms with van der Waals surface area (Å²) in [6, 6.07) is 1.85. The molecule has 0 amide bonds. The smallest absolute Gasteiger partial charge is 0.149 e. The van der Waals surface area contributed by atoms with Crippen LogP contribution in [-0.4, -0.2) is 50.2 Å². The van der Waals surface area contributed by atoms with Crippen molar-refractivity contribution in [2.45, 2.75) is 13.8 Å². The Morgan fingerprint density at radius 3 is 2.61 bits per heavy atom. The average molecular weight is 273 g/mol. The minimum absolute atomic E-state index is 0.0543. The van der Waals surface area contributed by atoms with Gasteiger partial charge in [-0.2, -0.15) is 0 Å². The largest absolute Gasteiger partial charge is 0.379 e. The maximum Gasteiger partial charge on any atom is 0.149 e. The molecule has 18 heavy (non-hydrogen) atoms. The zero-order valence-electron chi connectivity index (χ0n) is 10.9. The van der Waals surface area contributed by atoms with E-state index in [4.69, 9.17) is 4.74 Å². The maximum atomic E-state index is 10.8. The molecule has 0 atom stereocenters. The summed E-state index contributed by atoms with van der Waals surface area (Å²) in [5, 5.41) is 3.10. The Hall–Kier alpha value is -1.21. The van der Waals surface area contributed by atoms with E-state index in [1.807, 2.05) is 19.9 Å². The van der Waals surface area contributed by atoms with Crippen LogP contribution in [0, 0.1) is 13.8 Å². The van der Waals surface area contributed by atoms with Crippen molar-refractivity contribution in [2.75, 3.05) is 37.1 Å². The molecule has 0 aliphatic carbocycles. The molecule has 6 nitrogen and oxygen atoms in total. The molecule has 0 saturated carbocycles. The van der Waals surface area contributed by atoms with Gasteiger partial charge < -0.3 is 10.1 Å². The van der Waals surface area contributed by atoms with E-state index in [0.29, 0.717) is 13.2 Å². The lowest BCUT2D eigenvalue weighted by Gasteiger charge is -2.07. The van der Waals surface area contributed by atoms with E-state index < -0.39 is 9.84 Å². The second kappa shape index (κ2) is 6.65. The number of hydrogen-bond acceptors (Lipinski definition) is 6. The van der Waals surface area contributed by atoms with Gasteiger partial charge in [-0.3, -0.25) is 0 Å². The SMILES string of the molecule is Cc1cc(NCCOCCS(C)(=O)=O)nc(C)n1. The summed E-state index contributed by atoms with van der Waals surface area (Å²) in [4.78, 5) is 8.39. The van der Waals surface area contributed by atoms with Gasteiger partial charge in [0.15, 0.2) is 0 Å². The summed E-state index contributed by atoms with van der Waals surface area (Å²) in [5.74, 6) is 1.53. The fourth-order valence-electron chi connectivity index (χ4n) is 1.37. The Labute approximate surface area is 108 Å². The van der Waals surface area contributed by atoms with E-state index in [-0.39, 0.29) is 12.4 Å². The van der Waals surface area contributed by atoms with E-state index >= 15 is 0 Å². The molecule has 0 radical (unpaired) electrons. The highest BCUT2D eigenvalue weighted by Gasteiger charge is 2.01. The number of sulfone groups is 1. The molecular weight excluding hydrogens is 254 g/mol. The third-order valence-corrected chi connectivity index (χ3v) is 3.03. The van der Waals surface area contributed by atoms with E-state index in [1.54, 1.807) is 0 Å². The first kappa shape index (κ1) is 14.8. The molecule has 0 bridgehead atoms. The Morgan fingerprint density at radius 1 is 1.28 bits per heavy atom. The van der Waals surface area contributed by atoms with E-state index in [9.17, 15) is 8.42 Å². The molecule has 0 spiro atoms. The summed E-state index contributed by atoms with van der Waals surface area (Å²) in [7, 11) is -2.94. The molecular formula is C11H19N3O3S. The van der Waals surface area contributed by atoms with Crippen molar-refractivity contribution in [3.63, 3.8) is 0 Å². The molecule has 0 saturated heterocycles. The molecule has 7 heteroatoms. The van der Waals surface area contributed by atoms with Crippen LogP contribution in [0.5, 0.6) is 0 Å². The molecule has 1 rings (SSSR count). The van der Waals surface area contributed by atoms with Crippen molar-refractivity contribution in [2.24, 2.45) is 0 Å². The van der Waals surface area contributed by atoms with Crippen LogP contribution in [0.25, 0.3) is 0 Å². The van der Waals surface area contributed by atoms with Crippen molar-refractivity contribution in [1.29, 1.82) is 0 Å². The number of aryl methyl sites for hydroxylation is 2. The van der Waals surface area contributed by atoms with Crippen LogP contribution in [0.1, 0.15) is 11.5 Å². The third-order valence-electron chi connectivity index (χ3n) is 2.12. The van der Waals surface area contributed by atoms with Gasteiger partial charge in [0.1, 0.15) is 21.5 Å². The van der Waals surface area contributed by atoms with Gasteiger partial charge in [-0.25, -0.2) is 18.4 Å². The minimum atomic E-state index is -2.94. The maximum absolute atomic E-state index is 10.8. The normalized spacial score (nSPS) is 11.5. The molecule has 0 unspecified atom stereocenters.